The van der Waals surface area contributed by atoms with Crippen molar-refractivity contribution < 1.29 is 17.9 Å². The molecule has 4 aromatic rings. The maximum atomic E-state index is 13.7. The maximum absolute atomic E-state index is 13.7. The monoisotopic (exact) mass is 474 g/mol. The average Bonchev–Trinajstić information content (AvgIpc) is 2.83. The molecule has 6 nitrogen and oxygen atoms in total. The van der Waals surface area contributed by atoms with Crippen LogP contribution < -0.4 is 14.4 Å². The van der Waals surface area contributed by atoms with Crippen molar-refractivity contribution >= 4 is 38.1 Å². The van der Waals surface area contributed by atoms with E-state index in [0.29, 0.717) is 17.1 Å². The molecule has 4 aromatic carbocycles. The van der Waals surface area contributed by atoms with Crippen molar-refractivity contribution in [2.45, 2.75) is 18.7 Å². The fourth-order valence-electron chi connectivity index (χ4n) is 3.79. The maximum Gasteiger partial charge on any atom is 0.264 e. The van der Waals surface area contributed by atoms with Crippen molar-refractivity contribution in [3.05, 3.63) is 96.1 Å². The van der Waals surface area contributed by atoms with Gasteiger partial charge in [-0.15, -0.1) is 0 Å². The molecule has 4 rings (SSSR count). The van der Waals surface area contributed by atoms with Crippen molar-refractivity contribution in [2.75, 3.05) is 23.3 Å². The van der Waals surface area contributed by atoms with Crippen LogP contribution in [-0.2, 0) is 14.8 Å². The van der Waals surface area contributed by atoms with Crippen LogP contribution in [0.1, 0.15) is 11.1 Å². The molecule has 0 spiro atoms. The summed E-state index contributed by atoms with van der Waals surface area (Å²) in [6, 6.07) is 25.1. The van der Waals surface area contributed by atoms with Crippen LogP contribution in [0, 0.1) is 13.8 Å². The smallest absolute Gasteiger partial charge is 0.264 e. The lowest BCUT2D eigenvalue weighted by Gasteiger charge is -2.26. The van der Waals surface area contributed by atoms with Gasteiger partial charge < -0.3 is 10.1 Å². The Kier molecular flexibility index (Phi) is 6.56. The Balaban J connectivity index is 1.75. The second-order valence-electron chi connectivity index (χ2n) is 8.07. The Bertz CT molecular complexity index is 1440. The lowest BCUT2D eigenvalue weighted by atomic mass is 10.1. The quantitative estimate of drug-likeness (QED) is 0.394. The number of methoxy groups -OCH3 is 1. The molecule has 1 N–H and O–H groups in total. The van der Waals surface area contributed by atoms with E-state index in [-0.39, 0.29) is 4.90 Å². The van der Waals surface area contributed by atoms with Gasteiger partial charge in [-0.1, -0.05) is 60.2 Å². The van der Waals surface area contributed by atoms with E-state index in [1.54, 1.807) is 42.5 Å². The molecule has 0 atom stereocenters. The Morgan fingerprint density at radius 1 is 0.882 bits per heavy atom. The molecule has 0 saturated carbocycles. The number of nitrogens with zero attached hydrogens (tertiary/aromatic N) is 1. The van der Waals surface area contributed by atoms with Crippen LogP contribution >= 0.6 is 0 Å². The number of sulfonamides is 1. The summed E-state index contributed by atoms with van der Waals surface area (Å²) < 4.78 is 34.0. The fraction of sp³-hybridized carbons (Fsp3) is 0.148. The van der Waals surface area contributed by atoms with E-state index in [4.69, 9.17) is 4.74 Å². The van der Waals surface area contributed by atoms with Crippen molar-refractivity contribution in [3.63, 3.8) is 0 Å². The zero-order chi connectivity index (χ0) is 24.3. The number of rotatable bonds is 7. The number of hydrogen-bond acceptors (Lipinski definition) is 4. The van der Waals surface area contributed by atoms with Crippen molar-refractivity contribution in [2.24, 2.45) is 0 Å². The highest BCUT2D eigenvalue weighted by Gasteiger charge is 2.29. The minimum Gasteiger partial charge on any atom is -0.495 e. The van der Waals surface area contributed by atoms with Crippen molar-refractivity contribution in [1.29, 1.82) is 0 Å². The Morgan fingerprint density at radius 2 is 1.56 bits per heavy atom. The molecule has 0 fully saturated rings. The van der Waals surface area contributed by atoms with E-state index in [0.717, 1.165) is 26.2 Å². The number of anilines is 2. The lowest BCUT2D eigenvalue weighted by Crippen LogP contribution is -2.38. The highest BCUT2D eigenvalue weighted by atomic mass is 32.2. The topological polar surface area (TPSA) is 75.7 Å². The first-order valence-electron chi connectivity index (χ1n) is 10.8. The number of amides is 1. The third-order valence-electron chi connectivity index (χ3n) is 5.56. The summed E-state index contributed by atoms with van der Waals surface area (Å²) >= 11 is 0. The SMILES string of the molecule is COc1ccc(C)cc1N(CC(=O)Nc1cccc2ccccc12)S(=O)(=O)c1ccc(C)cc1. The van der Waals surface area contributed by atoms with Crippen LogP contribution in [0.25, 0.3) is 10.8 Å². The predicted octanol–water partition coefficient (Wildman–Crippen LogP) is 5.30. The summed E-state index contributed by atoms with van der Waals surface area (Å²) in [6.07, 6.45) is 0. The molecule has 34 heavy (non-hydrogen) atoms. The molecule has 7 heteroatoms. The fourth-order valence-corrected chi connectivity index (χ4v) is 5.21. The zero-order valence-corrected chi connectivity index (χ0v) is 20.1. The molecule has 0 aliphatic carbocycles. The molecule has 0 unspecified atom stereocenters. The number of carbonyl (C=O) groups excluding carboxylic acids is 1. The summed E-state index contributed by atoms with van der Waals surface area (Å²) in [5, 5.41) is 4.74. The number of nitrogens with one attached hydrogen (secondary N) is 1. The first kappa shape index (κ1) is 23.3. The first-order chi connectivity index (χ1) is 16.3. The third-order valence-corrected chi connectivity index (χ3v) is 7.34. The van der Waals surface area contributed by atoms with Gasteiger partial charge in [0, 0.05) is 11.1 Å². The number of fused-ring (bicyclic) bond motifs is 1. The van der Waals surface area contributed by atoms with Crippen molar-refractivity contribution in [3.8, 4) is 5.75 Å². The molecular weight excluding hydrogens is 448 g/mol. The second kappa shape index (κ2) is 9.57. The van der Waals surface area contributed by atoms with E-state index in [9.17, 15) is 13.2 Å². The molecule has 0 radical (unpaired) electrons. The molecule has 174 valence electrons. The van der Waals surface area contributed by atoms with Gasteiger partial charge in [0.25, 0.3) is 10.0 Å². The van der Waals surface area contributed by atoms with E-state index >= 15 is 0 Å². The van der Waals surface area contributed by atoms with Crippen LogP contribution in [0.2, 0.25) is 0 Å². The second-order valence-corrected chi connectivity index (χ2v) is 9.94. The molecule has 0 aliphatic rings. The third kappa shape index (κ3) is 4.75. The standard InChI is InChI=1S/C27H26N2O4S/c1-19-11-14-22(15-12-19)34(31,32)29(25-17-20(2)13-16-26(25)33-3)18-27(30)28-24-10-6-8-21-7-4-5-9-23(21)24/h4-17H,18H2,1-3H3,(H,28,30). The highest BCUT2D eigenvalue weighted by molar-refractivity contribution is 7.92. The predicted molar refractivity (Wildman–Crippen MR) is 136 cm³/mol. The normalized spacial score (nSPS) is 11.3. The Morgan fingerprint density at radius 3 is 2.29 bits per heavy atom. The van der Waals surface area contributed by atoms with Crippen molar-refractivity contribution in [1.82, 2.24) is 0 Å². The van der Waals surface area contributed by atoms with Gasteiger partial charge in [0.1, 0.15) is 12.3 Å². The highest BCUT2D eigenvalue weighted by Crippen LogP contribution is 2.33. The number of carbonyl (C=O) groups is 1. The van der Waals surface area contributed by atoms with Gasteiger partial charge in [0.15, 0.2) is 0 Å². The van der Waals surface area contributed by atoms with E-state index in [1.807, 2.05) is 56.3 Å². The number of benzene rings is 4. The summed E-state index contributed by atoms with van der Waals surface area (Å²) in [5.74, 6) is -0.102. The summed E-state index contributed by atoms with van der Waals surface area (Å²) in [4.78, 5) is 13.3. The lowest BCUT2D eigenvalue weighted by molar-refractivity contribution is -0.114. The Labute approximate surface area is 199 Å². The van der Waals surface area contributed by atoms with E-state index < -0.39 is 22.5 Å². The number of aryl methyl sites for hydroxylation is 2. The van der Waals surface area contributed by atoms with Crippen LogP contribution in [0.4, 0.5) is 11.4 Å². The Hall–Kier alpha value is -3.84. The minimum absolute atomic E-state index is 0.0969. The first-order valence-corrected chi connectivity index (χ1v) is 12.3. The number of ether oxygens (including phenoxy) is 1. The molecule has 0 saturated heterocycles. The molecule has 1 amide bonds. The van der Waals surface area contributed by atoms with Crippen LogP contribution in [0.5, 0.6) is 5.75 Å². The molecule has 0 bridgehead atoms. The van der Waals surface area contributed by atoms with E-state index in [2.05, 4.69) is 5.32 Å². The van der Waals surface area contributed by atoms with Crippen LogP contribution in [0.15, 0.2) is 89.8 Å². The molecular formula is C27H26N2O4S. The minimum atomic E-state index is -4.06. The summed E-state index contributed by atoms with van der Waals surface area (Å²) in [6.45, 7) is 3.32. The molecule has 0 aliphatic heterocycles. The molecule has 0 heterocycles. The molecule has 0 aromatic heterocycles. The zero-order valence-electron chi connectivity index (χ0n) is 19.3. The summed E-state index contributed by atoms with van der Waals surface area (Å²) in [5.41, 5.74) is 2.70. The van der Waals surface area contributed by atoms with Gasteiger partial charge in [0.05, 0.1) is 17.7 Å². The van der Waals surface area contributed by atoms with Crippen LogP contribution in [0.3, 0.4) is 0 Å². The van der Waals surface area contributed by atoms with Gasteiger partial charge in [-0.05, 0) is 55.1 Å². The average molecular weight is 475 g/mol. The van der Waals surface area contributed by atoms with Crippen LogP contribution in [-0.4, -0.2) is 28.0 Å². The van der Waals surface area contributed by atoms with E-state index in [1.165, 1.54) is 7.11 Å². The van der Waals surface area contributed by atoms with Gasteiger partial charge in [-0.3, -0.25) is 9.10 Å². The number of hydrogen-bond donors (Lipinski definition) is 1. The van der Waals surface area contributed by atoms with Gasteiger partial charge in [-0.2, -0.15) is 0 Å². The van der Waals surface area contributed by atoms with Gasteiger partial charge in [-0.25, -0.2) is 8.42 Å². The largest absolute Gasteiger partial charge is 0.495 e. The van der Waals surface area contributed by atoms with Gasteiger partial charge >= 0.3 is 0 Å². The van der Waals surface area contributed by atoms with Gasteiger partial charge in [0.2, 0.25) is 5.91 Å². The summed E-state index contributed by atoms with van der Waals surface area (Å²) in [7, 11) is -2.58.